The molecule has 0 heterocycles. The molecule has 8 atom stereocenters. The molecule has 0 aromatic heterocycles. The van der Waals surface area contributed by atoms with Crippen LogP contribution in [0.2, 0.25) is 19.6 Å². The van der Waals surface area contributed by atoms with Crippen LogP contribution in [0, 0.1) is 40.4 Å². The van der Waals surface area contributed by atoms with E-state index in [1.807, 2.05) is 0 Å². The molecule has 0 N–H and O–H groups in total. The first-order valence-electron chi connectivity index (χ1n) is 13.9. The number of hydrogen-bond acceptors (Lipinski definition) is 1. The van der Waals surface area contributed by atoms with E-state index in [1.54, 1.807) is 5.57 Å². The summed E-state index contributed by atoms with van der Waals surface area (Å²) in [6.45, 7) is 19.5. The molecule has 8 unspecified atom stereocenters. The first-order chi connectivity index (χ1) is 14.9. The van der Waals surface area contributed by atoms with Gasteiger partial charge in [-0.05, 0) is 138 Å². The second-order valence-corrected chi connectivity index (χ2v) is 18.4. The summed E-state index contributed by atoms with van der Waals surface area (Å²) in [4.78, 5) is 0. The highest BCUT2D eigenvalue weighted by Crippen LogP contribution is 2.67. The average Bonchev–Trinajstić information content (AvgIpc) is 3.04. The molecule has 32 heavy (non-hydrogen) atoms. The molecule has 0 amide bonds. The van der Waals surface area contributed by atoms with E-state index in [9.17, 15) is 0 Å². The molecule has 0 aliphatic heterocycles. The van der Waals surface area contributed by atoms with Crippen LogP contribution >= 0.6 is 0 Å². The molecule has 3 saturated carbocycles. The van der Waals surface area contributed by atoms with Crippen LogP contribution in [0.4, 0.5) is 0 Å². The van der Waals surface area contributed by atoms with E-state index in [-0.39, 0.29) is 0 Å². The summed E-state index contributed by atoms with van der Waals surface area (Å²) >= 11 is 0. The lowest BCUT2D eigenvalue weighted by molar-refractivity contribution is -0.0560. The molecule has 0 radical (unpaired) electrons. The van der Waals surface area contributed by atoms with E-state index in [2.05, 4.69) is 66.4 Å². The largest absolute Gasteiger partial charge is 0.414 e. The second-order valence-electron chi connectivity index (χ2n) is 13.9. The van der Waals surface area contributed by atoms with E-state index >= 15 is 0 Å². The third kappa shape index (κ3) is 4.61. The minimum Gasteiger partial charge on any atom is -0.414 e. The van der Waals surface area contributed by atoms with E-state index < -0.39 is 8.32 Å². The number of rotatable bonds is 6. The Balaban J connectivity index is 1.48. The molecule has 3 fully saturated rings. The highest BCUT2D eigenvalue weighted by atomic mass is 28.4. The zero-order chi connectivity index (χ0) is 23.3. The van der Waals surface area contributed by atoms with E-state index in [0.717, 1.165) is 29.6 Å². The number of hydrogen-bond donors (Lipinski definition) is 0. The van der Waals surface area contributed by atoms with Crippen LogP contribution < -0.4 is 0 Å². The van der Waals surface area contributed by atoms with Gasteiger partial charge in [-0.2, -0.15) is 0 Å². The van der Waals surface area contributed by atoms with Gasteiger partial charge in [0.15, 0.2) is 8.32 Å². The van der Waals surface area contributed by atoms with E-state index in [4.69, 9.17) is 4.43 Å². The van der Waals surface area contributed by atoms with Gasteiger partial charge in [0.1, 0.15) is 0 Å². The average molecular weight is 457 g/mol. The standard InChI is InChI=1S/C30H52OSi/c1-21(2)10-9-11-22(3)26-14-15-27-25-13-12-23-20-24(31-32(6,7)8)16-18-29(23,4)28(25)17-19-30(26,27)5/h10,12,22,24-28H,9,11,13-20H2,1-8H3. The SMILES string of the molecule is CC(C)=CCCC(C)C1CCC2C3CC=C4CC(O[Si](C)(C)C)CCC4(C)C3CCC12C. The monoisotopic (exact) mass is 456 g/mol. The zero-order valence-corrected chi connectivity index (χ0v) is 23.6. The predicted octanol–water partition coefficient (Wildman–Crippen LogP) is 9.17. The van der Waals surface area contributed by atoms with Crippen LogP contribution in [0.15, 0.2) is 23.3 Å². The van der Waals surface area contributed by atoms with Crippen LogP contribution in [0.5, 0.6) is 0 Å². The molecular weight excluding hydrogens is 404 g/mol. The normalized spacial score (nSPS) is 42.4. The third-order valence-electron chi connectivity index (χ3n) is 10.5. The van der Waals surface area contributed by atoms with Crippen molar-refractivity contribution < 1.29 is 4.43 Å². The number of allylic oxidation sites excluding steroid dienone is 3. The van der Waals surface area contributed by atoms with Crippen molar-refractivity contribution >= 4 is 8.32 Å². The smallest absolute Gasteiger partial charge is 0.184 e. The van der Waals surface area contributed by atoms with Gasteiger partial charge in [-0.3, -0.25) is 0 Å². The fraction of sp³-hybridized carbons (Fsp3) is 0.867. The molecule has 182 valence electrons. The fourth-order valence-electron chi connectivity index (χ4n) is 9.04. The van der Waals surface area contributed by atoms with Crippen LogP contribution in [0.25, 0.3) is 0 Å². The summed E-state index contributed by atoms with van der Waals surface area (Å²) in [5.41, 5.74) is 4.31. The van der Waals surface area contributed by atoms with Gasteiger partial charge in [0.2, 0.25) is 0 Å². The van der Waals surface area contributed by atoms with Crippen molar-refractivity contribution in [2.75, 3.05) is 0 Å². The van der Waals surface area contributed by atoms with Crippen molar-refractivity contribution in [2.45, 2.75) is 125 Å². The Morgan fingerprint density at radius 2 is 1.84 bits per heavy atom. The fourth-order valence-corrected chi connectivity index (χ4v) is 10.2. The van der Waals surface area contributed by atoms with Gasteiger partial charge in [0.05, 0.1) is 0 Å². The van der Waals surface area contributed by atoms with Gasteiger partial charge in [0.25, 0.3) is 0 Å². The summed E-state index contributed by atoms with van der Waals surface area (Å²) in [7, 11) is -1.45. The summed E-state index contributed by atoms with van der Waals surface area (Å²) < 4.78 is 6.58. The minimum absolute atomic E-state index is 0.455. The lowest BCUT2D eigenvalue weighted by Crippen LogP contribution is -2.51. The van der Waals surface area contributed by atoms with Crippen molar-refractivity contribution in [3.63, 3.8) is 0 Å². The molecule has 4 aliphatic rings. The Bertz CT molecular complexity index is 740. The maximum atomic E-state index is 6.58. The molecule has 0 aromatic rings. The Kier molecular flexibility index (Phi) is 6.99. The molecule has 4 rings (SSSR count). The number of fused-ring (bicyclic) bond motifs is 5. The van der Waals surface area contributed by atoms with Gasteiger partial charge in [-0.25, -0.2) is 0 Å². The van der Waals surface area contributed by atoms with Crippen molar-refractivity contribution in [3.05, 3.63) is 23.3 Å². The molecule has 1 nitrogen and oxygen atoms in total. The maximum absolute atomic E-state index is 6.58. The van der Waals surface area contributed by atoms with Gasteiger partial charge in [0, 0.05) is 6.10 Å². The molecule has 0 saturated heterocycles. The lowest BCUT2D eigenvalue weighted by atomic mass is 9.47. The van der Waals surface area contributed by atoms with Crippen LogP contribution in [-0.4, -0.2) is 14.4 Å². The summed E-state index contributed by atoms with van der Waals surface area (Å²) in [6, 6.07) is 0. The lowest BCUT2D eigenvalue weighted by Gasteiger charge is -2.58. The third-order valence-corrected chi connectivity index (χ3v) is 11.6. The summed E-state index contributed by atoms with van der Waals surface area (Å²) in [5, 5.41) is 0. The second kappa shape index (κ2) is 9.03. The molecule has 4 aliphatic carbocycles. The molecule has 0 aromatic carbocycles. The van der Waals surface area contributed by atoms with Gasteiger partial charge in [-0.1, -0.05) is 44.1 Å². The highest BCUT2D eigenvalue weighted by Gasteiger charge is 2.59. The van der Waals surface area contributed by atoms with Crippen LogP contribution in [0.1, 0.15) is 98.8 Å². The van der Waals surface area contributed by atoms with Gasteiger partial charge >= 0.3 is 0 Å². The Morgan fingerprint density at radius 3 is 2.53 bits per heavy atom. The topological polar surface area (TPSA) is 9.23 Å². The minimum atomic E-state index is -1.45. The quantitative estimate of drug-likeness (QED) is 0.286. The van der Waals surface area contributed by atoms with Crippen molar-refractivity contribution in [1.82, 2.24) is 0 Å². The Morgan fingerprint density at radius 1 is 1.09 bits per heavy atom. The van der Waals surface area contributed by atoms with Gasteiger partial charge < -0.3 is 4.43 Å². The first kappa shape index (κ1) is 24.8. The first-order valence-corrected chi connectivity index (χ1v) is 17.4. The Labute approximate surface area is 201 Å². The molecule has 0 bridgehead atoms. The van der Waals surface area contributed by atoms with E-state index in [1.165, 1.54) is 69.8 Å². The predicted molar refractivity (Wildman–Crippen MR) is 141 cm³/mol. The molecular formula is C30H52OSi. The highest BCUT2D eigenvalue weighted by molar-refractivity contribution is 6.69. The maximum Gasteiger partial charge on any atom is 0.184 e. The Hall–Kier alpha value is -0.343. The van der Waals surface area contributed by atoms with Crippen molar-refractivity contribution in [2.24, 2.45) is 40.4 Å². The molecule has 2 heteroatoms. The molecule has 0 spiro atoms. The summed E-state index contributed by atoms with van der Waals surface area (Å²) in [5.74, 6) is 4.64. The van der Waals surface area contributed by atoms with Crippen LogP contribution in [-0.2, 0) is 4.43 Å². The van der Waals surface area contributed by atoms with Crippen molar-refractivity contribution in [3.8, 4) is 0 Å². The van der Waals surface area contributed by atoms with Crippen molar-refractivity contribution in [1.29, 1.82) is 0 Å². The van der Waals surface area contributed by atoms with Gasteiger partial charge in [-0.15, -0.1) is 0 Å². The zero-order valence-electron chi connectivity index (χ0n) is 22.6. The van der Waals surface area contributed by atoms with E-state index in [0.29, 0.717) is 16.9 Å². The van der Waals surface area contributed by atoms with Crippen LogP contribution in [0.3, 0.4) is 0 Å². The summed E-state index contributed by atoms with van der Waals surface area (Å²) in [6.07, 6.45) is 19.5.